The molecule has 0 fully saturated rings. The van der Waals surface area contributed by atoms with Crippen LogP contribution in [0.5, 0.6) is 0 Å². The van der Waals surface area contributed by atoms with Crippen molar-refractivity contribution in [1.82, 2.24) is 9.78 Å². The summed E-state index contributed by atoms with van der Waals surface area (Å²) in [6, 6.07) is 8.08. The molecule has 0 atom stereocenters. The predicted molar refractivity (Wildman–Crippen MR) is 80.9 cm³/mol. The van der Waals surface area contributed by atoms with Gasteiger partial charge in [-0.1, -0.05) is 23.8 Å². The van der Waals surface area contributed by atoms with E-state index in [1.165, 1.54) is 5.56 Å². The summed E-state index contributed by atoms with van der Waals surface area (Å²) in [5.74, 6) is 0.758. The van der Waals surface area contributed by atoms with Crippen LogP contribution in [0.4, 0.5) is 5.82 Å². The van der Waals surface area contributed by atoms with Gasteiger partial charge in [-0.2, -0.15) is 5.10 Å². The number of aromatic nitrogens is 2. The van der Waals surface area contributed by atoms with Crippen LogP contribution < -0.4 is 5.32 Å². The third-order valence-corrected chi connectivity index (χ3v) is 3.32. The molecule has 0 aliphatic rings. The van der Waals surface area contributed by atoms with E-state index in [0.717, 1.165) is 29.2 Å². The molecule has 0 radical (unpaired) electrons. The van der Waals surface area contributed by atoms with Gasteiger partial charge in [0.15, 0.2) is 0 Å². The summed E-state index contributed by atoms with van der Waals surface area (Å²) in [7, 11) is 0. The largest absolute Gasteiger partial charge is 0.311 e. The van der Waals surface area contributed by atoms with Gasteiger partial charge in [0.1, 0.15) is 5.82 Å². The van der Waals surface area contributed by atoms with Crippen molar-refractivity contribution in [3.05, 3.63) is 46.6 Å². The monoisotopic (exact) mass is 271 g/mol. The van der Waals surface area contributed by atoms with E-state index in [4.69, 9.17) is 0 Å². The van der Waals surface area contributed by atoms with Gasteiger partial charge in [0.2, 0.25) is 5.91 Å². The second-order valence-corrected chi connectivity index (χ2v) is 5.14. The minimum Gasteiger partial charge on any atom is -0.311 e. The molecule has 1 heterocycles. The topological polar surface area (TPSA) is 46.9 Å². The first kappa shape index (κ1) is 14.3. The van der Waals surface area contributed by atoms with Crippen LogP contribution in [0.25, 0.3) is 0 Å². The quantitative estimate of drug-likeness (QED) is 0.929. The van der Waals surface area contributed by atoms with Crippen LogP contribution in [0, 0.1) is 20.8 Å². The van der Waals surface area contributed by atoms with Crippen LogP contribution in [-0.2, 0) is 17.8 Å². The molecule has 4 nitrogen and oxygen atoms in total. The van der Waals surface area contributed by atoms with Crippen molar-refractivity contribution in [3.8, 4) is 0 Å². The highest BCUT2D eigenvalue weighted by Gasteiger charge is 2.10. The Morgan fingerprint density at radius 2 is 2.00 bits per heavy atom. The number of carbonyl (C=O) groups is 1. The van der Waals surface area contributed by atoms with Gasteiger partial charge in [0.25, 0.3) is 0 Å². The molecule has 1 amide bonds. The van der Waals surface area contributed by atoms with Gasteiger partial charge in [-0.15, -0.1) is 0 Å². The van der Waals surface area contributed by atoms with Gasteiger partial charge in [0, 0.05) is 12.6 Å². The lowest BCUT2D eigenvalue weighted by atomic mass is 10.0. The molecule has 2 rings (SSSR count). The maximum Gasteiger partial charge on any atom is 0.229 e. The van der Waals surface area contributed by atoms with Crippen LogP contribution in [0.3, 0.4) is 0 Å². The maximum absolute atomic E-state index is 12.2. The molecule has 0 unspecified atom stereocenters. The molecule has 1 aromatic heterocycles. The molecule has 0 saturated heterocycles. The van der Waals surface area contributed by atoms with E-state index in [9.17, 15) is 4.79 Å². The summed E-state index contributed by atoms with van der Waals surface area (Å²) in [5, 5.41) is 7.26. The molecular weight excluding hydrogens is 250 g/mol. The number of anilines is 1. The molecule has 1 aromatic carbocycles. The molecule has 0 aliphatic heterocycles. The molecule has 0 bridgehead atoms. The van der Waals surface area contributed by atoms with Gasteiger partial charge in [-0.05, 0) is 38.8 Å². The van der Waals surface area contributed by atoms with Crippen molar-refractivity contribution in [1.29, 1.82) is 0 Å². The summed E-state index contributed by atoms with van der Waals surface area (Å²) in [6.45, 7) is 8.74. The fourth-order valence-corrected chi connectivity index (χ4v) is 2.24. The summed E-state index contributed by atoms with van der Waals surface area (Å²) < 4.78 is 1.80. The Hall–Kier alpha value is -2.10. The first-order chi connectivity index (χ1) is 9.49. The van der Waals surface area contributed by atoms with E-state index in [1.807, 2.05) is 33.8 Å². The van der Waals surface area contributed by atoms with Crippen molar-refractivity contribution in [2.24, 2.45) is 0 Å². The first-order valence-electron chi connectivity index (χ1n) is 6.90. The highest BCUT2D eigenvalue weighted by atomic mass is 16.1. The molecule has 1 N–H and O–H groups in total. The van der Waals surface area contributed by atoms with E-state index in [2.05, 4.69) is 28.6 Å². The lowest BCUT2D eigenvalue weighted by Gasteiger charge is -2.09. The molecule has 20 heavy (non-hydrogen) atoms. The summed E-state index contributed by atoms with van der Waals surface area (Å²) in [4.78, 5) is 12.2. The smallest absolute Gasteiger partial charge is 0.229 e. The average molecular weight is 271 g/mol. The number of amides is 1. The number of nitrogens with zero attached hydrogens (tertiary/aromatic N) is 2. The normalized spacial score (nSPS) is 10.6. The van der Waals surface area contributed by atoms with Gasteiger partial charge >= 0.3 is 0 Å². The number of aryl methyl sites for hydroxylation is 4. The van der Waals surface area contributed by atoms with Gasteiger partial charge in [0.05, 0.1) is 12.1 Å². The fraction of sp³-hybridized carbons (Fsp3) is 0.375. The second kappa shape index (κ2) is 5.90. The average Bonchev–Trinajstić information content (AvgIpc) is 2.74. The number of rotatable bonds is 4. The van der Waals surface area contributed by atoms with Crippen molar-refractivity contribution >= 4 is 11.7 Å². The molecule has 4 heteroatoms. The Bertz CT molecular complexity index is 629. The fourth-order valence-electron chi connectivity index (χ4n) is 2.24. The van der Waals surface area contributed by atoms with Crippen molar-refractivity contribution in [3.63, 3.8) is 0 Å². The zero-order chi connectivity index (χ0) is 14.7. The van der Waals surface area contributed by atoms with E-state index >= 15 is 0 Å². The van der Waals surface area contributed by atoms with Gasteiger partial charge < -0.3 is 5.32 Å². The molecule has 2 aromatic rings. The Morgan fingerprint density at radius 3 is 2.70 bits per heavy atom. The molecule has 0 spiro atoms. The minimum absolute atomic E-state index is 0.00620. The Balaban J connectivity index is 2.10. The van der Waals surface area contributed by atoms with Crippen LogP contribution >= 0.6 is 0 Å². The standard InChI is InChI=1S/C16H21N3O/c1-5-19-15(9-13(4)18-19)17-16(20)10-14-8-11(2)6-7-12(14)3/h6-9H,5,10H2,1-4H3,(H,17,20). The van der Waals surface area contributed by atoms with Crippen molar-refractivity contribution in [2.75, 3.05) is 5.32 Å². The molecule has 0 aliphatic carbocycles. The predicted octanol–water partition coefficient (Wildman–Crippen LogP) is 3.01. The van der Waals surface area contributed by atoms with E-state index in [0.29, 0.717) is 6.42 Å². The SMILES string of the molecule is CCn1nc(C)cc1NC(=O)Cc1cc(C)ccc1C. The summed E-state index contributed by atoms with van der Waals surface area (Å²) in [5.41, 5.74) is 4.30. The van der Waals surface area contributed by atoms with Gasteiger partial charge in [-0.3, -0.25) is 4.79 Å². The number of hydrogen-bond donors (Lipinski definition) is 1. The molecule has 106 valence electrons. The van der Waals surface area contributed by atoms with Crippen LogP contribution in [0.1, 0.15) is 29.3 Å². The lowest BCUT2D eigenvalue weighted by Crippen LogP contribution is -2.17. The van der Waals surface area contributed by atoms with Crippen molar-refractivity contribution < 1.29 is 4.79 Å². The highest BCUT2D eigenvalue weighted by Crippen LogP contribution is 2.14. The van der Waals surface area contributed by atoms with E-state index in [1.54, 1.807) is 4.68 Å². The highest BCUT2D eigenvalue weighted by molar-refractivity contribution is 5.91. The lowest BCUT2D eigenvalue weighted by molar-refractivity contribution is -0.115. The molecule has 0 saturated carbocycles. The third kappa shape index (κ3) is 3.26. The summed E-state index contributed by atoms with van der Waals surface area (Å²) >= 11 is 0. The van der Waals surface area contributed by atoms with Crippen LogP contribution in [0.2, 0.25) is 0 Å². The zero-order valence-corrected chi connectivity index (χ0v) is 12.5. The Morgan fingerprint density at radius 1 is 1.25 bits per heavy atom. The molecular formula is C16H21N3O. The Kier molecular flexibility index (Phi) is 4.23. The second-order valence-electron chi connectivity index (χ2n) is 5.14. The number of carbonyl (C=O) groups excluding carboxylic acids is 1. The maximum atomic E-state index is 12.2. The first-order valence-corrected chi connectivity index (χ1v) is 6.90. The van der Waals surface area contributed by atoms with Gasteiger partial charge in [-0.25, -0.2) is 4.68 Å². The number of hydrogen-bond acceptors (Lipinski definition) is 2. The van der Waals surface area contributed by atoms with E-state index in [-0.39, 0.29) is 5.91 Å². The van der Waals surface area contributed by atoms with Crippen LogP contribution in [0.15, 0.2) is 24.3 Å². The zero-order valence-electron chi connectivity index (χ0n) is 12.5. The Labute approximate surface area is 119 Å². The third-order valence-electron chi connectivity index (χ3n) is 3.32. The number of nitrogens with one attached hydrogen (secondary N) is 1. The van der Waals surface area contributed by atoms with Crippen LogP contribution in [-0.4, -0.2) is 15.7 Å². The van der Waals surface area contributed by atoms with E-state index < -0.39 is 0 Å². The minimum atomic E-state index is -0.00620. The van der Waals surface area contributed by atoms with Crippen molar-refractivity contribution in [2.45, 2.75) is 40.7 Å². The summed E-state index contributed by atoms with van der Waals surface area (Å²) in [6.07, 6.45) is 0.390. The number of benzene rings is 1.